The van der Waals surface area contributed by atoms with Gasteiger partial charge in [-0.3, -0.25) is 4.79 Å². The summed E-state index contributed by atoms with van der Waals surface area (Å²) in [4.78, 5) is 13.6. The minimum atomic E-state index is -3.59. The minimum Gasteiger partial charge on any atom is -0.482 e. The van der Waals surface area contributed by atoms with Gasteiger partial charge in [0, 0.05) is 12.6 Å². The lowest BCUT2D eigenvalue weighted by atomic mass is 9.96. The second kappa shape index (κ2) is 6.49. The standard InChI is InChI=1S/C16H22N2O4S/c1-2-18-14-10-13(8-9-15(14)22-11-16(18)19)23(20,21)17-12-6-4-3-5-7-12/h8-10,12,17H,2-7,11H2,1H3. The highest BCUT2D eigenvalue weighted by molar-refractivity contribution is 7.89. The monoisotopic (exact) mass is 338 g/mol. The summed E-state index contributed by atoms with van der Waals surface area (Å²) in [6, 6.07) is 4.69. The van der Waals surface area contributed by atoms with Crippen LogP contribution < -0.4 is 14.4 Å². The van der Waals surface area contributed by atoms with E-state index in [9.17, 15) is 13.2 Å². The molecule has 0 bridgehead atoms. The van der Waals surface area contributed by atoms with Gasteiger partial charge < -0.3 is 9.64 Å². The molecule has 1 heterocycles. The summed E-state index contributed by atoms with van der Waals surface area (Å²) < 4.78 is 33.4. The van der Waals surface area contributed by atoms with Crippen LogP contribution in [0.4, 0.5) is 5.69 Å². The predicted octanol–water partition coefficient (Wildman–Crippen LogP) is 2.04. The summed E-state index contributed by atoms with van der Waals surface area (Å²) in [6.07, 6.45) is 5.05. The summed E-state index contributed by atoms with van der Waals surface area (Å²) in [6.45, 7) is 2.33. The van der Waals surface area contributed by atoms with Crippen molar-refractivity contribution in [2.75, 3.05) is 18.1 Å². The van der Waals surface area contributed by atoms with Crippen LogP contribution in [0, 0.1) is 0 Å². The SMILES string of the molecule is CCN1C(=O)COc2ccc(S(=O)(=O)NC3CCCCC3)cc21. The van der Waals surface area contributed by atoms with E-state index < -0.39 is 10.0 Å². The van der Waals surface area contributed by atoms with Crippen molar-refractivity contribution in [1.82, 2.24) is 4.72 Å². The first-order valence-electron chi connectivity index (χ1n) is 8.11. The molecule has 0 aromatic heterocycles. The van der Waals surface area contributed by atoms with Crippen LogP contribution in [0.15, 0.2) is 23.1 Å². The van der Waals surface area contributed by atoms with Crippen molar-refractivity contribution in [3.63, 3.8) is 0 Å². The first-order valence-corrected chi connectivity index (χ1v) is 9.59. The molecule has 3 rings (SSSR count). The van der Waals surface area contributed by atoms with Gasteiger partial charge in [0.25, 0.3) is 5.91 Å². The molecule has 0 radical (unpaired) electrons. The van der Waals surface area contributed by atoms with Crippen LogP contribution in [0.3, 0.4) is 0 Å². The molecule has 7 heteroatoms. The molecule has 1 aromatic carbocycles. The number of carbonyl (C=O) groups excluding carboxylic acids is 1. The van der Waals surface area contributed by atoms with Crippen molar-refractivity contribution >= 4 is 21.6 Å². The van der Waals surface area contributed by atoms with Gasteiger partial charge in [-0.25, -0.2) is 13.1 Å². The van der Waals surface area contributed by atoms with Crippen LogP contribution in [0.2, 0.25) is 0 Å². The molecule has 1 fully saturated rings. The van der Waals surface area contributed by atoms with E-state index in [0.717, 1.165) is 25.7 Å². The normalized spacial score (nSPS) is 19.3. The third kappa shape index (κ3) is 3.35. The van der Waals surface area contributed by atoms with E-state index in [1.54, 1.807) is 11.0 Å². The lowest BCUT2D eigenvalue weighted by Gasteiger charge is -2.29. The zero-order chi connectivity index (χ0) is 16.4. The largest absolute Gasteiger partial charge is 0.482 e. The number of sulfonamides is 1. The van der Waals surface area contributed by atoms with Gasteiger partial charge in [0.05, 0.1) is 10.6 Å². The molecule has 1 amide bonds. The van der Waals surface area contributed by atoms with Gasteiger partial charge in [0.2, 0.25) is 10.0 Å². The maximum absolute atomic E-state index is 12.6. The number of fused-ring (bicyclic) bond motifs is 1. The van der Waals surface area contributed by atoms with Gasteiger partial charge in [0.15, 0.2) is 6.61 Å². The molecular weight excluding hydrogens is 316 g/mol. The van der Waals surface area contributed by atoms with Crippen molar-refractivity contribution in [1.29, 1.82) is 0 Å². The Balaban J connectivity index is 1.88. The number of nitrogens with zero attached hydrogens (tertiary/aromatic N) is 1. The van der Waals surface area contributed by atoms with Crippen molar-refractivity contribution in [2.45, 2.75) is 50.0 Å². The number of hydrogen-bond donors (Lipinski definition) is 1. The fraction of sp³-hybridized carbons (Fsp3) is 0.562. The van der Waals surface area contributed by atoms with E-state index in [1.807, 2.05) is 6.92 Å². The van der Waals surface area contributed by atoms with Gasteiger partial charge >= 0.3 is 0 Å². The first-order chi connectivity index (χ1) is 11.0. The average Bonchev–Trinajstić information content (AvgIpc) is 2.55. The Morgan fingerprint density at radius 3 is 2.70 bits per heavy atom. The van der Waals surface area contributed by atoms with E-state index in [4.69, 9.17) is 4.74 Å². The van der Waals surface area contributed by atoms with Gasteiger partial charge in [0.1, 0.15) is 5.75 Å². The highest BCUT2D eigenvalue weighted by Gasteiger charge is 2.28. The summed E-state index contributed by atoms with van der Waals surface area (Å²) >= 11 is 0. The summed E-state index contributed by atoms with van der Waals surface area (Å²) in [7, 11) is -3.59. The fourth-order valence-corrected chi connectivity index (χ4v) is 4.53. The number of hydrogen-bond acceptors (Lipinski definition) is 4. The zero-order valence-corrected chi connectivity index (χ0v) is 14.1. The third-order valence-corrected chi connectivity index (χ3v) is 5.95. The van der Waals surface area contributed by atoms with Gasteiger partial charge in [-0.1, -0.05) is 19.3 Å². The second-order valence-corrected chi connectivity index (χ2v) is 7.73. The van der Waals surface area contributed by atoms with Crippen LogP contribution >= 0.6 is 0 Å². The molecule has 1 aromatic rings. The topological polar surface area (TPSA) is 75.7 Å². The van der Waals surface area contributed by atoms with Crippen molar-refractivity contribution in [2.24, 2.45) is 0 Å². The number of ether oxygens (including phenoxy) is 1. The number of likely N-dealkylation sites (N-methyl/N-ethyl adjacent to an activating group) is 1. The van der Waals surface area contributed by atoms with E-state index in [0.29, 0.717) is 18.0 Å². The van der Waals surface area contributed by atoms with Gasteiger partial charge in [-0.2, -0.15) is 0 Å². The molecule has 126 valence electrons. The van der Waals surface area contributed by atoms with Gasteiger partial charge in [-0.05, 0) is 38.0 Å². The highest BCUT2D eigenvalue weighted by atomic mass is 32.2. The molecular formula is C16H22N2O4S. The van der Waals surface area contributed by atoms with E-state index >= 15 is 0 Å². The van der Waals surface area contributed by atoms with Crippen molar-refractivity contribution < 1.29 is 17.9 Å². The number of nitrogens with one attached hydrogen (secondary N) is 1. The quantitative estimate of drug-likeness (QED) is 0.911. The van der Waals surface area contributed by atoms with E-state index in [-0.39, 0.29) is 23.5 Å². The van der Waals surface area contributed by atoms with Crippen LogP contribution in [-0.4, -0.2) is 33.5 Å². The number of carbonyl (C=O) groups is 1. The smallest absolute Gasteiger partial charge is 0.265 e. The maximum atomic E-state index is 12.6. The molecule has 0 saturated heterocycles. The molecule has 1 aliphatic heterocycles. The van der Waals surface area contributed by atoms with E-state index in [2.05, 4.69) is 4.72 Å². The average molecular weight is 338 g/mol. The lowest BCUT2D eigenvalue weighted by molar-refractivity contribution is -0.121. The number of anilines is 1. The molecule has 0 atom stereocenters. The molecule has 1 N–H and O–H groups in total. The zero-order valence-electron chi connectivity index (χ0n) is 13.2. The lowest BCUT2D eigenvalue weighted by Crippen LogP contribution is -2.39. The van der Waals surface area contributed by atoms with E-state index in [1.165, 1.54) is 18.6 Å². The summed E-state index contributed by atoms with van der Waals surface area (Å²) in [5, 5.41) is 0. The third-order valence-electron chi connectivity index (χ3n) is 4.43. The van der Waals surface area contributed by atoms with Crippen LogP contribution in [0.1, 0.15) is 39.0 Å². The number of amides is 1. The molecule has 23 heavy (non-hydrogen) atoms. The molecule has 1 saturated carbocycles. The Labute approximate surface area is 136 Å². The Hall–Kier alpha value is -1.60. The molecule has 0 unspecified atom stereocenters. The molecule has 1 aliphatic carbocycles. The summed E-state index contributed by atoms with van der Waals surface area (Å²) in [5.41, 5.74) is 0.523. The molecule has 6 nitrogen and oxygen atoms in total. The maximum Gasteiger partial charge on any atom is 0.265 e. The van der Waals surface area contributed by atoms with Crippen LogP contribution in [0.5, 0.6) is 5.75 Å². The van der Waals surface area contributed by atoms with Crippen LogP contribution in [-0.2, 0) is 14.8 Å². The fourth-order valence-electron chi connectivity index (χ4n) is 3.20. The van der Waals surface area contributed by atoms with Crippen molar-refractivity contribution in [3.8, 4) is 5.75 Å². The number of benzene rings is 1. The predicted molar refractivity (Wildman–Crippen MR) is 87.2 cm³/mol. The number of rotatable bonds is 4. The molecule has 2 aliphatic rings. The Bertz CT molecular complexity index is 696. The Morgan fingerprint density at radius 2 is 2.00 bits per heavy atom. The molecule has 0 spiro atoms. The summed E-state index contributed by atoms with van der Waals surface area (Å²) in [5.74, 6) is 0.387. The first kappa shape index (κ1) is 16.3. The Morgan fingerprint density at radius 1 is 1.26 bits per heavy atom. The van der Waals surface area contributed by atoms with Gasteiger partial charge in [-0.15, -0.1) is 0 Å². The highest BCUT2D eigenvalue weighted by Crippen LogP contribution is 2.34. The van der Waals surface area contributed by atoms with Crippen molar-refractivity contribution in [3.05, 3.63) is 18.2 Å². The van der Waals surface area contributed by atoms with Crippen LogP contribution in [0.25, 0.3) is 0 Å². The Kier molecular flexibility index (Phi) is 4.59. The minimum absolute atomic E-state index is 0.00458. The second-order valence-electron chi connectivity index (χ2n) is 6.01.